The fourth-order valence-corrected chi connectivity index (χ4v) is 3.57. The first-order valence-electron chi connectivity index (χ1n) is 6.47. The molecule has 0 fully saturated rings. The zero-order valence-corrected chi connectivity index (χ0v) is 13.6. The molecule has 0 atom stereocenters. The standard InChI is InChI=1S/C11H20N4O4S2/c1-3-12-11-6-5-10(9-13-11)21(18,19)15-7-8-20(16,17)14-4-2/h5-6,9,14-15H,3-4,7-8H2,1-2H3,(H,12,13). The quantitative estimate of drug-likeness (QED) is 0.571. The summed E-state index contributed by atoms with van der Waals surface area (Å²) in [5.74, 6) is 0.259. The smallest absolute Gasteiger partial charge is 0.242 e. The van der Waals surface area contributed by atoms with E-state index in [0.717, 1.165) is 0 Å². The van der Waals surface area contributed by atoms with Crippen LogP contribution >= 0.6 is 0 Å². The van der Waals surface area contributed by atoms with E-state index in [4.69, 9.17) is 0 Å². The summed E-state index contributed by atoms with van der Waals surface area (Å²) in [5.41, 5.74) is 0. The lowest BCUT2D eigenvalue weighted by molar-refractivity contribution is 0.576. The summed E-state index contributed by atoms with van der Waals surface area (Å²) >= 11 is 0. The van der Waals surface area contributed by atoms with Gasteiger partial charge in [0.15, 0.2) is 0 Å². The van der Waals surface area contributed by atoms with E-state index in [2.05, 4.69) is 19.7 Å². The van der Waals surface area contributed by atoms with Crippen LogP contribution in [0.1, 0.15) is 13.8 Å². The molecule has 8 nitrogen and oxygen atoms in total. The van der Waals surface area contributed by atoms with Gasteiger partial charge in [-0.05, 0) is 19.1 Å². The fraction of sp³-hybridized carbons (Fsp3) is 0.545. The molecule has 1 aromatic rings. The minimum Gasteiger partial charge on any atom is -0.370 e. The first kappa shape index (κ1) is 17.8. The molecule has 1 aromatic heterocycles. The molecule has 0 aromatic carbocycles. The topological polar surface area (TPSA) is 117 Å². The summed E-state index contributed by atoms with van der Waals surface area (Å²) in [6, 6.07) is 2.96. The molecule has 0 radical (unpaired) electrons. The monoisotopic (exact) mass is 336 g/mol. The molecule has 3 N–H and O–H groups in total. The Morgan fingerprint density at radius 3 is 2.29 bits per heavy atom. The molecule has 0 unspecified atom stereocenters. The van der Waals surface area contributed by atoms with E-state index in [1.165, 1.54) is 12.3 Å². The third-order valence-electron chi connectivity index (χ3n) is 2.43. The second-order valence-corrected chi connectivity index (χ2v) is 7.82. The Morgan fingerprint density at radius 2 is 1.76 bits per heavy atom. The predicted octanol–water partition coefficient (Wildman–Crippen LogP) is -0.269. The normalized spacial score (nSPS) is 12.3. The van der Waals surface area contributed by atoms with E-state index in [1.807, 2.05) is 6.92 Å². The number of aromatic nitrogens is 1. The van der Waals surface area contributed by atoms with Crippen molar-refractivity contribution >= 4 is 25.9 Å². The molecule has 0 aliphatic carbocycles. The van der Waals surface area contributed by atoms with Crippen LogP contribution in [0.3, 0.4) is 0 Å². The van der Waals surface area contributed by atoms with E-state index >= 15 is 0 Å². The second-order valence-electron chi connectivity index (χ2n) is 4.12. The molecule has 0 aliphatic heterocycles. The number of pyridine rings is 1. The van der Waals surface area contributed by atoms with Crippen molar-refractivity contribution in [1.29, 1.82) is 0 Å². The Morgan fingerprint density at radius 1 is 1.05 bits per heavy atom. The minimum absolute atomic E-state index is 0.00926. The summed E-state index contributed by atoms with van der Waals surface area (Å²) in [5, 5.41) is 2.95. The molecule has 0 spiro atoms. The van der Waals surface area contributed by atoms with Gasteiger partial charge in [0.1, 0.15) is 10.7 Å². The molecule has 0 saturated carbocycles. The van der Waals surface area contributed by atoms with Gasteiger partial charge in [-0.15, -0.1) is 0 Å². The molecule has 10 heteroatoms. The van der Waals surface area contributed by atoms with Crippen molar-refractivity contribution < 1.29 is 16.8 Å². The lowest BCUT2D eigenvalue weighted by Crippen LogP contribution is -2.34. The van der Waals surface area contributed by atoms with Crippen molar-refractivity contribution in [3.8, 4) is 0 Å². The molecule has 1 rings (SSSR count). The number of nitrogens with zero attached hydrogens (tertiary/aromatic N) is 1. The lowest BCUT2D eigenvalue weighted by Gasteiger charge is -2.08. The Hall–Kier alpha value is -1.23. The molecule has 0 aliphatic rings. The highest BCUT2D eigenvalue weighted by atomic mass is 32.2. The Kier molecular flexibility index (Phi) is 6.52. The van der Waals surface area contributed by atoms with Gasteiger partial charge in [0.2, 0.25) is 20.0 Å². The van der Waals surface area contributed by atoms with Gasteiger partial charge in [-0.25, -0.2) is 31.3 Å². The zero-order valence-electron chi connectivity index (χ0n) is 12.0. The maximum absolute atomic E-state index is 12.0. The number of hydrogen-bond donors (Lipinski definition) is 3. The van der Waals surface area contributed by atoms with Crippen LogP contribution < -0.4 is 14.8 Å². The van der Waals surface area contributed by atoms with E-state index < -0.39 is 20.0 Å². The van der Waals surface area contributed by atoms with Crippen LogP contribution in [0, 0.1) is 0 Å². The Bertz CT molecular complexity index is 641. The van der Waals surface area contributed by atoms with Gasteiger partial charge in [0.25, 0.3) is 0 Å². The zero-order chi connectivity index (χ0) is 15.9. The van der Waals surface area contributed by atoms with Crippen molar-refractivity contribution in [3.63, 3.8) is 0 Å². The predicted molar refractivity (Wildman–Crippen MR) is 81.1 cm³/mol. The average molecular weight is 336 g/mol. The lowest BCUT2D eigenvalue weighted by atomic mass is 10.4. The molecule has 0 amide bonds. The van der Waals surface area contributed by atoms with E-state index in [-0.39, 0.29) is 23.7 Å². The molecular weight excluding hydrogens is 316 g/mol. The summed E-state index contributed by atoms with van der Waals surface area (Å²) in [6.45, 7) is 4.30. The third-order valence-corrected chi connectivity index (χ3v) is 5.35. The maximum Gasteiger partial charge on any atom is 0.242 e. The molecule has 21 heavy (non-hydrogen) atoms. The molecule has 0 bridgehead atoms. The number of nitrogens with one attached hydrogen (secondary N) is 3. The van der Waals surface area contributed by atoms with E-state index in [0.29, 0.717) is 12.4 Å². The first-order chi connectivity index (χ1) is 9.80. The highest BCUT2D eigenvalue weighted by Crippen LogP contribution is 2.10. The molecule has 120 valence electrons. The summed E-state index contributed by atoms with van der Waals surface area (Å²) < 4.78 is 51.2. The van der Waals surface area contributed by atoms with Crippen LogP contribution in [0.4, 0.5) is 5.82 Å². The van der Waals surface area contributed by atoms with Crippen LogP contribution in [-0.4, -0.2) is 47.2 Å². The van der Waals surface area contributed by atoms with Crippen LogP contribution in [0.15, 0.2) is 23.2 Å². The van der Waals surface area contributed by atoms with Gasteiger partial charge in [-0.3, -0.25) is 0 Å². The van der Waals surface area contributed by atoms with Gasteiger partial charge in [0.05, 0.1) is 5.75 Å². The fourth-order valence-electron chi connectivity index (χ4n) is 1.51. The molecule has 0 saturated heterocycles. The minimum atomic E-state index is -3.76. The first-order valence-corrected chi connectivity index (χ1v) is 9.61. The van der Waals surface area contributed by atoms with Crippen LogP contribution in [0.2, 0.25) is 0 Å². The number of rotatable bonds is 9. The summed E-state index contributed by atoms with van der Waals surface area (Å²) in [7, 11) is -7.21. The maximum atomic E-state index is 12.0. The Balaban J connectivity index is 2.65. The SMILES string of the molecule is CCNc1ccc(S(=O)(=O)NCCS(=O)(=O)NCC)cn1. The van der Waals surface area contributed by atoms with Crippen molar-refractivity contribution in [2.75, 3.05) is 30.7 Å². The van der Waals surface area contributed by atoms with E-state index in [9.17, 15) is 16.8 Å². The van der Waals surface area contributed by atoms with Crippen molar-refractivity contribution in [1.82, 2.24) is 14.4 Å². The molecular formula is C11H20N4O4S2. The number of sulfonamides is 2. The average Bonchev–Trinajstić information content (AvgIpc) is 2.39. The number of anilines is 1. The van der Waals surface area contributed by atoms with Gasteiger partial charge in [-0.1, -0.05) is 6.92 Å². The van der Waals surface area contributed by atoms with Crippen LogP contribution in [0.25, 0.3) is 0 Å². The van der Waals surface area contributed by atoms with Gasteiger partial charge >= 0.3 is 0 Å². The van der Waals surface area contributed by atoms with Crippen molar-refractivity contribution in [3.05, 3.63) is 18.3 Å². The third kappa shape index (κ3) is 5.96. The van der Waals surface area contributed by atoms with Crippen molar-refractivity contribution in [2.45, 2.75) is 18.7 Å². The highest BCUT2D eigenvalue weighted by molar-refractivity contribution is 7.90. The van der Waals surface area contributed by atoms with Crippen LogP contribution in [-0.2, 0) is 20.0 Å². The number of hydrogen-bond acceptors (Lipinski definition) is 6. The van der Waals surface area contributed by atoms with Crippen molar-refractivity contribution in [2.24, 2.45) is 0 Å². The van der Waals surface area contributed by atoms with E-state index in [1.54, 1.807) is 13.0 Å². The highest BCUT2D eigenvalue weighted by Gasteiger charge is 2.16. The summed E-state index contributed by atoms with van der Waals surface area (Å²) in [4.78, 5) is 3.95. The van der Waals surface area contributed by atoms with Gasteiger partial charge < -0.3 is 5.32 Å². The largest absolute Gasteiger partial charge is 0.370 e. The molecule has 1 heterocycles. The Labute approximate surface area is 125 Å². The van der Waals surface area contributed by atoms with Gasteiger partial charge in [-0.2, -0.15) is 0 Å². The second kappa shape index (κ2) is 7.69. The van der Waals surface area contributed by atoms with Crippen LogP contribution in [0.5, 0.6) is 0 Å². The van der Waals surface area contributed by atoms with Gasteiger partial charge in [0, 0.05) is 25.8 Å². The summed E-state index contributed by atoms with van der Waals surface area (Å²) in [6.07, 6.45) is 1.22.